The fourth-order valence-corrected chi connectivity index (χ4v) is 2.86. The van der Waals surface area contributed by atoms with Gasteiger partial charge in [-0.2, -0.15) is 0 Å². The standard InChI is InChI=1S/C18H16N2O4/c21-16-14-8-4-5-9-15(14)17(22)20(16)11-13(19-18(23)24)10-12-6-2-1-3-7-12/h1-9,13,19H,10-11H2,(H,23,24). The molecule has 2 aromatic carbocycles. The predicted molar refractivity (Wildman–Crippen MR) is 86.9 cm³/mol. The van der Waals surface area contributed by atoms with Crippen LogP contribution in [0.4, 0.5) is 4.79 Å². The van der Waals surface area contributed by atoms with Crippen molar-refractivity contribution in [2.45, 2.75) is 12.5 Å². The lowest BCUT2D eigenvalue weighted by Gasteiger charge is -2.22. The zero-order valence-electron chi connectivity index (χ0n) is 12.8. The highest BCUT2D eigenvalue weighted by Crippen LogP contribution is 2.22. The largest absolute Gasteiger partial charge is 0.465 e. The maximum absolute atomic E-state index is 12.4. The van der Waals surface area contributed by atoms with Gasteiger partial charge < -0.3 is 10.4 Å². The summed E-state index contributed by atoms with van der Waals surface area (Å²) in [6.45, 7) is -0.00641. The van der Waals surface area contributed by atoms with Crippen molar-refractivity contribution in [1.29, 1.82) is 0 Å². The number of carbonyl (C=O) groups is 3. The van der Waals surface area contributed by atoms with Gasteiger partial charge in [0.2, 0.25) is 0 Å². The van der Waals surface area contributed by atoms with E-state index in [1.165, 1.54) is 0 Å². The second kappa shape index (κ2) is 6.54. The van der Waals surface area contributed by atoms with Crippen molar-refractivity contribution in [2.24, 2.45) is 0 Å². The molecule has 122 valence electrons. The number of rotatable bonds is 5. The maximum Gasteiger partial charge on any atom is 0.404 e. The lowest BCUT2D eigenvalue weighted by molar-refractivity contribution is 0.0636. The molecule has 1 atom stereocenters. The Morgan fingerprint density at radius 2 is 1.50 bits per heavy atom. The van der Waals surface area contributed by atoms with Gasteiger partial charge in [-0.1, -0.05) is 42.5 Å². The average molecular weight is 324 g/mol. The number of carboxylic acid groups (broad SMARTS) is 1. The van der Waals surface area contributed by atoms with Crippen LogP contribution in [0.15, 0.2) is 54.6 Å². The van der Waals surface area contributed by atoms with E-state index in [0.717, 1.165) is 10.5 Å². The summed E-state index contributed by atoms with van der Waals surface area (Å²) >= 11 is 0. The molecule has 0 saturated heterocycles. The minimum atomic E-state index is -1.19. The minimum Gasteiger partial charge on any atom is -0.465 e. The van der Waals surface area contributed by atoms with E-state index >= 15 is 0 Å². The van der Waals surface area contributed by atoms with Crippen molar-refractivity contribution in [3.63, 3.8) is 0 Å². The van der Waals surface area contributed by atoms with Gasteiger partial charge in [0, 0.05) is 0 Å². The van der Waals surface area contributed by atoms with Gasteiger partial charge in [-0.25, -0.2) is 4.79 Å². The molecule has 0 saturated carbocycles. The van der Waals surface area contributed by atoms with Gasteiger partial charge in [-0.15, -0.1) is 0 Å². The Morgan fingerprint density at radius 1 is 0.958 bits per heavy atom. The number of nitrogens with zero attached hydrogens (tertiary/aromatic N) is 1. The normalized spacial score (nSPS) is 14.4. The van der Waals surface area contributed by atoms with Crippen molar-refractivity contribution in [1.82, 2.24) is 10.2 Å². The molecule has 3 rings (SSSR count). The molecule has 0 bridgehead atoms. The summed E-state index contributed by atoms with van der Waals surface area (Å²) in [5.41, 5.74) is 1.64. The molecule has 6 heteroatoms. The summed E-state index contributed by atoms with van der Waals surface area (Å²) in [7, 11) is 0. The van der Waals surface area contributed by atoms with Crippen molar-refractivity contribution in [2.75, 3.05) is 6.54 Å². The van der Waals surface area contributed by atoms with Crippen LogP contribution in [0, 0.1) is 0 Å². The molecule has 0 aliphatic carbocycles. The summed E-state index contributed by atoms with van der Waals surface area (Å²) in [6, 6.07) is 15.4. The van der Waals surface area contributed by atoms with Gasteiger partial charge in [0.15, 0.2) is 0 Å². The monoisotopic (exact) mass is 324 g/mol. The third-order valence-corrected chi connectivity index (χ3v) is 3.93. The van der Waals surface area contributed by atoms with E-state index < -0.39 is 12.1 Å². The number of fused-ring (bicyclic) bond motifs is 1. The summed E-state index contributed by atoms with van der Waals surface area (Å²) < 4.78 is 0. The number of hydrogen-bond acceptors (Lipinski definition) is 3. The van der Waals surface area contributed by atoms with E-state index in [9.17, 15) is 14.4 Å². The fraction of sp³-hybridized carbons (Fsp3) is 0.167. The van der Waals surface area contributed by atoms with Gasteiger partial charge in [0.05, 0.1) is 23.7 Å². The number of hydrogen-bond donors (Lipinski definition) is 2. The third kappa shape index (κ3) is 3.12. The van der Waals surface area contributed by atoms with E-state index in [2.05, 4.69) is 5.32 Å². The van der Waals surface area contributed by atoms with Crippen LogP contribution in [0.25, 0.3) is 0 Å². The van der Waals surface area contributed by atoms with Gasteiger partial charge in [-0.3, -0.25) is 14.5 Å². The molecule has 1 aliphatic rings. The quantitative estimate of drug-likeness (QED) is 0.825. The lowest BCUT2D eigenvalue weighted by atomic mass is 10.1. The Kier molecular flexibility index (Phi) is 4.29. The predicted octanol–water partition coefficient (Wildman–Crippen LogP) is 2.16. The average Bonchev–Trinajstić information content (AvgIpc) is 2.81. The highest BCUT2D eigenvalue weighted by molar-refractivity contribution is 6.21. The molecule has 0 radical (unpaired) electrons. The molecule has 2 N–H and O–H groups in total. The Bertz CT molecular complexity index is 754. The van der Waals surface area contributed by atoms with Gasteiger partial charge >= 0.3 is 6.09 Å². The molecule has 0 aromatic heterocycles. The molecular formula is C18H16N2O4. The Morgan fingerprint density at radius 3 is 2.04 bits per heavy atom. The summed E-state index contributed by atoms with van der Waals surface area (Å²) in [5, 5.41) is 11.4. The first kappa shape index (κ1) is 15.7. The molecule has 3 amide bonds. The summed E-state index contributed by atoms with van der Waals surface area (Å²) in [5.74, 6) is -0.776. The van der Waals surface area contributed by atoms with E-state index in [-0.39, 0.29) is 18.4 Å². The number of amides is 3. The van der Waals surface area contributed by atoms with Gasteiger partial charge in [-0.05, 0) is 24.1 Å². The topological polar surface area (TPSA) is 86.7 Å². The highest BCUT2D eigenvalue weighted by Gasteiger charge is 2.36. The first-order chi connectivity index (χ1) is 11.6. The molecule has 1 aliphatic heterocycles. The highest BCUT2D eigenvalue weighted by atomic mass is 16.4. The van der Waals surface area contributed by atoms with Crippen molar-refractivity contribution < 1.29 is 19.5 Å². The fourth-order valence-electron chi connectivity index (χ4n) is 2.86. The van der Waals surface area contributed by atoms with Crippen molar-refractivity contribution >= 4 is 17.9 Å². The van der Waals surface area contributed by atoms with Crippen LogP contribution in [0.5, 0.6) is 0 Å². The van der Waals surface area contributed by atoms with Gasteiger partial charge in [0.25, 0.3) is 11.8 Å². The number of imide groups is 1. The van der Waals surface area contributed by atoms with Crippen LogP contribution >= 0.6 is 0 Å². The smallest absolute Gasteiger partial charge is 0.404 e. The summed E-state index contributed by atoms with van der Waals surface area (Å²) in [4.78, 5) is 37.0. The van der Waals surface area contributed by atoms with E-state index in [1.54, 1.807) is 24.3 Å². The van der Waals surface area contributed by atoms with Crippen LogP contribution in [0.1, 0.15) is 26.3 Å². The third-order valence-electron chi connectivity index (χ3n) is 3.93. The van der Waals surface area contributed by atoms with E-state index in [1.807, 2.05) is 30.3 Å². The maximum atomic E-state index is 12.4. The molecule has 1 heterocycles. The van der Waals surface area contributed by atoms with Crippen LogP contribution < -0.4 is 5.32 Å². The first-order valence-electron chi connectivity index (χ1n) is 7.55. The van der Waals surface area contributed by atoms with Crippen LogP contribution in [-0.2, 0) is 6.42 Å². The SMILES string of the molecule is O=C(O)NC(Cc1ccccc1)CN1C(=O)c2ccccc2C1=O. The van der Waals surface area contributed by atoms with E-state index in [4.69, 9.17) is 5.11 Å². The zero-order valence-corrected chi connectivity index (χ0v) is 12.8. The van der Waals surface area contributed by atoms with Gasteiger partial charge in [0.1, 0.15) is 0 Å². The lowest BCUT2D eigenvalue weighted by Crippen LogP contribution is -2.46. The molecule has 1 unspecified atom stereocenters. The number of benzene rings is 2. The first-order valence-corrected chi connectivity index (χ1v) is 7.55. The van der Waals surface area contributed by atoms with E-state index in [0.29, 0.717) is 17.5 Å². The Hall–Kier alpha value is -3.15. The van der Waals surface area contributed by atoms with Crippen LogP contribution in [-0.4, -0.2) is 40.5 Å². The van der Waals surface area contributed by atoms with Crippen molar-refractivity contribution in [3.05, 3.63) is 71.3 Å². The molecule has 0 fully saturated rings. The second-order valence-corrected chi connectivity index (χ2v) is 5.60. The van der Waals surface area contributed by atoms with Crippen molar-refractivity contribution in [3.8, 4) is 0 Å². The molecular weight excluding hydrogens is 308 g/mol. The Balaban J connectivity index is 1.79. The second-order valence-electron chi connectivity index (χ2n) is 5.60. The zero-order chi connectivity index (χ0) is 17.1. The van der Waals surface area contributed by atoms with Crippen LogP contribution in [0.3, 0.4) is 0 Å². The minimum absolute atomic E-state index is 0.00641. The van der Waals surface area contributed by atoms with Crippen LogP contribution in [0.2, 0.25) is 0 Å². The summed E-state index contributed by atoms with van der Waals surface area (Å²) in [6.07, 6.45) is -0.798. The number of nitrogens with one attached hydrogen (secondary N) is 1. The molecule has 6 nitrogen and oxygen atoms in total. The number of carbonyl (C=O) groups excluding carboxylic acids is 2. The Labute approximate surface area is 138 Å². The molecule has 2 aromatic rings. The molecule has 24 heavy (non-hydrogen) atoms. The molecule has 0 spiro atoms.